The lowest BCUT2D eigenvalue weighted by molar-refractivity contribution is -0.148. The van der Waals surface area contributed by atoms with Crippen LogP contribution in [-0.2, 0) is 20.8 Å². The molecule has 10 heteroatoms. The van der Waals surface area contributed by atoms with Gasteiger partial charge in [0.15, 0.2) is 0 Å². The van der Waals surface area contributed by atoms with Gasteiger partial charge in [-0.05, 0) is 39.8 Å². The van der Waals surface area contributed by atoms with Crippen molar-refractivity contribution in [3.8, 4) is 0 Å². The van der Waals surface area contributed by atoms with E-state index in [1.165, 1.54) is 25.3 Å². The van der Waals surface area contributed by atoms with Gasteiger partial charge in [-0.2, -0.15) is 4.57 Å². The van der Waals surface area contributed by atoms with E-state index >= 15 is 0 Å². The Bertz CT molecular complexity index is 1160. The van der Waals surface area contributed by atoms with Crippen molar-refractivity contribution in [1.82, 2.24) is 14.5 Å². The molecule has 1 atom stereocenters. The predicted octanol–water partition coefficient (Wildman–Crippen LogP) is 2.10. The zero-order valence-electron chi connectivity index (χ0n) is 20.3. The second kappa shape index (κ2) is 11.0. The Labute approximate surface area is 197 Å². The molecule has 1 heterocycles. The maximum atomic E-state index is 13.1. The number of aromatic nitrogens is 2. The summed E-state index contributed by atoms with van der Waals surface area (Å²) in [6, 6.07) is 7.08. The number of aryl methyl sites for hydroxylation is 1. The summed E-state index contributed by atoms with van der Waals surface area (Å²) in [7, 11) is 0. The monoisotopic (exact) mass is 473 g/mol. The molecule has 2 aromatic rings. The Kier molecular flexibility index (Phi) is 8.56. The molecule has 184 valence electrons. The van der Waals surface area contributed by atoms with Crippen molar-refractivity contribution in [3.63, 3.8) is 0 Å². The predicted molar refractivity (Wildman–Crippen MR) is 125 cm³/mol. The van der Waals surface area contributed by atoms with Gasteiger partial charge in [-0.1, -0.05) is 32.0 Å². The fraction of sp³-hybridized carbons (Fsp3) is 0.458. The van der Waals surface area contributed by atoms with Gasteiger partial charge in [0.05, 0.1) is 18.5 Å². The molecule has 0 aliphatic carbocycles. The highest BCUT2D eigenvalue weighted by molar-refractivity contribution is 5.95. The first-order chi connectivity index (χ1) is 15.8. The number of hydrogen-bond acceptors (Lipinski definition) is 7. The van der Waals surface area contributed by atoms with E-state index in [9.17, 15) is 24.0 Å². The number of rotatable bonds is 7. The summed E-state index contributed by atoms with van der Waals surface area (Å²) in [5.74, 6) is -1.64. The zero-order valence-corrected chi connectivity index (χ0v) is 20.3. The number of esters is 1. The zero-order chi connectivity index (χ0) is 25.6. The highest BCUT2D eigenvalue weighted by atomic mass is 16.6. The van der Waals surface area contributed by atoms with Crippen LogP contribution in [0.3, 0.4) is 0 Å². The molecule has 0 radical (unpaired) electrons. The van der Waals surface area contributed by atoms with Crippen molar-refractivity contribution in [1.29, 1.82) is 0 Å². The van der Waals surface area contributed by atoms with Crippen LogP contribution < -0.4 is 16.6 Å². The fourth-order valence-corrected chi connectivity index (χ4v) is 2.96. The van der Waals surface area contributed by atoms with Gasteiger partial charge in [0.1, 0.15) is 12.2 Å². The van der Waals surface area contributed by atoms with Crippen LogP contribution in [0.2, 0.25) is 0 Å². The molecule has 1 amide bonds. The van der Waals surface area contributed by atoms with Crippen LogP contribution in [0.15, 0.2) is 46.1 Å². The standard InChI is InChI=1S/C24H31N3O7/c1-15(2)21(30)33-14-18(25-22(31)34-24(4,5)6)13-26-12-16(3)19(28)27(23(26)32)20(29)17-10-8-7-9-11-17/h7-12,15,18H,13-14H2,1-6H3,(H,25,31)/t18-/m1/s1. The summed E-state index contributed by atoms with van der Waals surface area (Å²) in [5.41, 5.74) is -2.06. The van der Waals surface area contributed by atoms with Crippen molar-refractivity contribution in [2.75, 3.05) is 6.61 Å². The normalized spacial score (nSPS) is 12.2. The number of carbonyl (C=O) groups is 3. The Hall–Kier alpha value is -3.69. The van der Waals surface area contributed by atoms with Gasteiger partial charge < -0.3 is 14.8 Å². The summed E-state index contributed by atoms with van der Waals surface area (Å²) >= 11 is 0. The minimum atomic E-state index is -0.879. The molecular weight excluding hydrogens is 442 g/mol. The SMILES string of the molecule is Cc1cn(C[C@H](COC(=O)C(C)C)NC(=O)OC(C)(C)C)c(=O)n(C(=O)c2ccccc2)c1=O. The van der Waals surface area contributed by atoms with Crippen molar-refractivity contribution in [3.05, 3.63) is 68.5 Å². The quantitative estimate of drug-likeness (QED) is 0.610. The third-order valence-electron chi connectivity index (χ3n) is 4.59. The third-order valence-corrected chi connectivity index (χ3v) is 4.59. The molecule has 0 unspecified atom stereocenters. The molecule has 0 bridgehead atoms. The molecule has 0 aliphatic rings. The summed E-state index contributed by atoms with van der Waals surface area (Å²) in [6.45, 7) is 9.47. The topological polar surface area (TPSA) is 126 Å². The second-order valence-electron chi connectivity index (χ2n) is 9.19. The van der Waals surface area contributed by atoms with Gasteiger partial charge in [-0.25, -0.2) is 9.59 Å². The van der Waals surface area contributed by atoms with E-state index in [1.54, 1.807) is 52.8 Å². The lowest BCUT2D eigenvalue weighted by atomic mass is 10.2. The molecule has 0 saturated heterocycles. The van der Waals surface area contributed by atoms with Gasteiger partial charge in [-0.15, -0.1) is 0 Å². The van der Waals surface area contributed by atoms with Crippen LogP contribution in [0, 0.1) is 12.8 Å². The van der Waals surface area contributed by atoms with E-state index in [0.29, 0.717) is 4.57 Å². The number of carbonyl (C=O) groups excluding carboxylic acids is 3. The van der Waals surface area contributed by atoms with Crippen LogP contribution >= 0.6 is 0 Å². The first-order valence-corrected chi connectivity index (χ1v) is 10.9. The summed E-state index contributed by atoms with van der Waals surface area (Å²) in [4.78, 5) is 62.9. The maximum Gasteiger partial charge on any atom is 0.408 e. The molecule has 34 heavy (non-hydrogen) atoms. The number of benzene rings is 1. The van der Waals surface area contributed by atoms with Gasteiger partial charge >= 0.3 is 17.8 Å². The first kappa shape index (κ1) is 26.6. The lowest BCUT2D eigenvalue weighted by Gasteiger charge is -2.24. The minimum Gasteiger partial charge on any atom is -0.463 e. The maximum absolute atomic E-state index is 13.1. The molecule has 0 aliphatic heterocycles. The van der Waals surface area contributed by atoms with Crippen molar-refractivity contribution < 1.29 is 23.9 Å². The molecule has 1 aromatic heterocycles. The minimum absolute atomic E-state index is 0.152. The molecular formula is C24H31N3O7. The van der Waals surface area contributed by atoms with Crippen LogP contribution in [0.1, 0.15) is 50.5 Å². The van der Waals surface area contributed by atoms with Crippen molar-refractivity contribution in [2.45, 2.75) is 59.7 Å². The third kappa shape index (κ3) is 7.16. The molecule has 10 nitrogen and oxygen atoms in total. The fourth-order valence-electron chi connectivity index (χ4n) is 2.96. The number of nitrogens with one attached hydrogen (secondary N) is 1. The van der Waals surface area contributed by atoms with E-state index in [1.807, 2.05) is 0 Å². The molecule has 0 spiro atoms. The summed E-state index contributed by atoms with van der Waals surface area (Å²) < 4.78 is 12.2. The van der Waals surface area contributed by atoms with E-state index in [2.05, 4.69) is 5.32 Å². The second-order valence-corrected chi connectivity index (χ2v) is 9.19. The van der Waals surface area contributed by atoms with Gasteiger partial charge in [0, 0.05) is 17.3 Å². The number of amides is 1. The molecule has 1 aromatic carbocycles. The molecule has 0 saturated carbocycles. The molecule has 1 N–H and O–H groups in total. The van der Waals surface area contributed by atoms with Gasteiger partial charge in [0.25, 0.3) is 11.5 Å². The average molecular weight is 474 g/mol. The first-order valence-electron chi connectivity index (χ1n) is 10.9. The summed E-state index contributed by atoms with van der Waals surface area (Å²) in [6.07, 6.45) is 0.532. The van der Waals surface area contributed by atoms with E-state index in [0.717, 1.165) is 4.57 Å². The Balaban J connectivity index is 2.40. The average Bonchev–Trinajstić information content (AvgIpc) is 2.74. The number of alkyl carbamates (subject to hydrolysis) is 1. The Morgan fingerprint density at radius 1 is 1.06 bits per heavy atom. The van der Waals surface area contributed by atoms with E-state index in [-0.39, 0.29) is 24.3 Å². The largest absolute Gasteiger partial charge is 0.463 e. The summed E-state index contributed by atoms with van der Waals surface area (Å²) in [5, 5.41) is 2.59. The van der Waals surface area contributed by atoms with Crippen molar-refractivity contribution in [2.24, 2.45) is 5.92 Å². The van der Waals surface area contributed by atoms with Crippen LogP contribution in [0.5, 0.6) is 0 Å². The highest BCUT2D eigenvalue weighted by Gasteiger charge is 2.24. The van der Waals surface area contributed by atoms with E-state index < -0.39 is 46.8 Å². The molecule has 2 rings (SSSR count). The number of ether oxygens (including phenoxy) is 2. The highest BCUT2D eigenvalue weighted by Crippen LogP contribution is 2.08. The van der Waals surface area contributed by atoms with Crippen molar-refractivity contribution >= 4 is 18.0 Å². The lowest BCUT2D eigenvalue weighted by Crippen LogP contribution is -2.49. The number of hydrogen-bond donors (Lipinski definition) is 1. The Morgan fingerprint density at radius 2 is 1.68 bits per heavy atom. The van der Waals surface area contributed by atoms with Gasteiger partial charge in [0.2, 0.25) is 0 Å². The smallest absolute Gasteiger partial charge is 0.408 e. The number of nitrogens with zero attached hydrogens (tertiary/aromatic N) is 2. The van der Waals surface area contributed by atoms with E-state index in [4.69, 9.17) is 9.47 Å². The van der Waals surface area contributed by atoms with Crippen LogP contribution in [0.4, 0.5) is 4.79 Å². The van der Waals surface area contributed by atoms with Gasteiger partial charge in [-0.3, -0.25) is 19.0 Å². The Morgan fingerprint density at radius 3 is 2.24 bits per heavy atom. The van der Waals surface area contributed by atoms with Crippen LogP contribution in [-0.4, -0.2) is 45.4 Å². The van der Waals surface area contributed by atoms with Crippen LogP contribution in [0.25, 0.3) is 0 Å². The molecule has 0 fully saturated rings.